The Kier molecular flexibility index (Phi) is 6.57. The molecule has 2 heterocycles. The van der Waals surface area contributed by atoms with E-state index in [4.69, 9.17) is 0 Å². The Labute approximate surface area is 175 Å². The fourth-order valence-electron chi connectivity index (χ4n) is 2.98. The maximum Gasteiger partial charge on any atom is 0.416 e. The third kappa shape index (κ3) is 5.06. The highest BCUT2D eigenvalue weighted by Gasteiger charge is 2.30. The van der Waals surface area contributed by atoms with E-state index in [1.807, 2.05) is 6.92 Å². The predicted octanol–water partition coefficient (Wildman–Crippen LogP) is 4.57. The molecule has 0 aliphatic carbocycles. The van der Waals surface area contributed by atoms with Crippen LogP contribution in [0.3, 0.4) is 0 Å². The van der Waals surface area contributed by atoms with Crippen LogP contribution in [-0.2, 0) is 19.6 Å². The molecule has 1 amide bonds. The lowest BCUT2D eigenvalue weighted by atomic mass is 10.1. The third-order valence-electron chi connectivity index (χ3n) is 4.47. The minimum Gasteiger partial charge on any atom is -0.387 e. The molecule has 3 rings (SSSR count). The van der Waals surface area contributed by atoms with E-state index in [0.29, 0.717) is 39.8 Å². The zero-order chi connectivity index (χ0) is 21.9. The van der Waals surface area contributed by atoms with E-state index in [0.717, 1.165) is 23.5 Å². The molecule has 2 N–H and O–H groups in total. The van der Waals surface area contributed by atoms with Crippen molar-refractivity contribution < 1.29 is 23.1 Å². The molecule has 0 spiro atoms. The second-order valence-electron chi connectivity index (χ2n) is 6.80. The Morgan fingerprint density at radius 3 is 2.73 bits per heavy atom. The molecule has 0 aliphatic heterocycles. The van der Waals surface area contributed by atoms with Crippen LogP contribution in [0.15, 0.2) is 36.5 Å². The molecular weight excluding hydrogens is 417 g/mol. The number of carbonyl (C=O) groups is 1. The number of hydrogen-bond donors (Lipinski definition) is 2. The van der Waals surface area contributed by atoms with Crippen LogP contribution in [0.4, 0.5) is 18.2 Å². The van der Waals surface area contributed by atoms with Crippen LogP contribution >= 0.6 is 11.3 Å². The monoisotopic (exact) mass is 438 g/mol. The summed E-state index contributed by atoms with van der Waals surface area (Å²) in [4.78, 5) is 17.0. The molecule has 2 aromatic heterocycles. The van der Waals surface area contributed by atoms with Crippen LogP contribution in [0.1, 0.15) is 58.2 Å². The number of thiazole rings is 1. The van der Waals surface area contributed by atoms with Gasteiger partial charge in [-0.25, -0.2) is 4.98 Å². The van der Waals surface area contributed by atoms with E-state index in [1.54, 1.807) is 19.2 Å². The Morgan fingerprint density at radius 1 is 1.33 bits per heavy atom. The van der Waals surface area contributed by atoms with Gasteiger partial charge in [0.2, 0.25) is 0 Å². The number of aliphatic hydroxyl groups is 1. The summed E-state index contributed by atoms with van der Waals surface area (Å²) >= 11 is 1.14. The number of carbonyl (C=O) groups excluding carboxylic acids is 1. The lowest BCUT2D eigenvalue weighted by molar-refractivity contribution is -0.137. The maximum absolute atomic E-state index is 13.0. The molecule has 160 valence electrons. The van der Waals surface area contributed by atoms with Crippen molar-refractivity contribution in [3.63, 3.8) is 0 Å². The molecule has 0 aliphatic rings. The molecule has 1 unspecified atom stereocenters. The van der Waals surface area contributed by atoms with Gasteiger partial charge in [0.15, 0.2) is 0 Å². The minimum atomic E-state index is -4.43. The fourth-order valence-corrected chi connectivity index (χ4v) is 4.02. The van der Waals surface area contributed by atoms with E-state index in [-0.39, 0.29) is 6.42 Å². The summed E-state index contributed by atoms with van der Waals surface area (Å²) in [6.45, 7) is 1.91. The summed E-state index contributed by atoms with van der Waals surface area (Å²) in [5.41, 5.74) is 0.366. The first-order valence-corrected chi connectivity index (χ1v) is 10.1. The number of halogens is 3. The number of aryl methyl sites for hydroxylation is 1. The van der Waals surface area contributed by atoms with Gasteiger partial charge in [0.1, 0.15) is 16.4 Å². The Bertz CT molecular complexity index is 1030. The van der Waals surface area contributed by atoms with Crippen LogP contribution in [0, 0.1) is 0 Å². The lowest BCUT2D eigenvalue weighted by Crippen LogP contribution is -2.16. The number of nitrogens with zero attached hydrogens (tertiary/aromatic N) is 3. The molecule has 0 fully saturated rings. The van der Waals surface area contributed by atoms with Gasteiger partial charge in [0, 0.05) is 19.7 Å². The topological polar surface area (TPSA) is 80.0 Å². The molecule has 1 atom stereocenters. The number of alkyl halides is 3. The van der Waals surface area contributed by atoms with Gasteiger partial charge in [0.25, 0.3) is 5.91 Å². The molecule has 10 heteroatoms. The summed E-state index contributed by atoms with van der Waals surface area (Å²) in [5.74, 6) is -0.408. The van der Waals surface area contributed by atoms with Crippen LogP contribution in [0.25, 0.3) is 0 Å². The Balaban J connectivity index is 1.88. The Morgan fingerprint density at radius 2 is 2.10 bits per heavy atom. The number of nitrogens with one attached hydrogen (secondary N) is 1. The molecule has 6 nitrogen and oxygen atoms in total. The van der Waals surface area contributed by atoms with Gasteiger partial charge in [-0.3, -0.25) is 9.48 Å². The number of rotatable bonds is 7. The fraction of sp³-hybridized carbons (Fsp3) is 0.350. The SMILES string of the molecule is CCCC(O)c1nc(Cc2cccc(C(F)(F)F)c2)sc1NC(=O)c1ccnn1C. The first-order valence-electron chi connectivity index (χ1n) is 9.32. The van der Waals surface area contributed by atoms with Crippen LogP contribution < -0.4 is 5.32 Å². The molecular formula is C20H21F3N4O2S. The van der Waals surface area contributed by atoms with Gasteiger partial charge in [0.05, 0.1) is 16.7 Å². The van der Waals surface area contributed by atoms with Gasteiger partial charge >= 0.3 is 6.18 Å². The van der Waals surface area contributed by atoms with Crippen LogP contribution in [-0.4, -0.2) is 25.8 Å². The average Bonchev–Trinajstić information content (AvgIpc) is 3.27. The highest BCUT2D eigenvalue weighted by Crippen LogP contribution is 2.34. The largest absolute Gasteiger partial charge is 0.416 e. The first kappa shape index (κ1) is 22.0. The van der Waals surface area contributed by atoms with E-state index in [2.05, 4.69) is 15.4 Å². The molecule has 3 aromatic rings. The van der Waals surface area contributed by atoms with Gasteiger partial charge in [-0.15, -0.1) is 11.3 Å². The van der Waals surface area contributed by atoms with Gasteiger partial charge in [-0.1, -0.05) is 31.5 Å². The number of aliphatic hydroxyl groups excluding tert-OH is 1. The first-order chi connectivity index (χ1) is 14.2. The maximum atomic E-state index is 13.0. The normalized spacial score (nSPS) is 12.7. The molecule has 0 saturated heterocycles. The standard InChI is InChI=1S/C20H21F3N4O2S/c1-3-5-15(28)17-19(26-18(29)14-8-9-24-27(14)2)30-16(25-17)11-12-6-4-7-13(10-12)20(21,22)23/h4,6-10,15,28H,3,5,11H2,1-2H3,(H,26,29). The van der Waals surface area contributed by atoms with Crippen molar-refractivity contribution in [2.24, 2.45) is 7.05 Å². The minimum absolute atomic E-state index is 0.155. The zero-order valence-corrected chi connectivity index (χ0v) is 17.2. The van der Waals surface area contributed by atoms with Crippen molar-refractivity contribution >= 4 is 22.2 Å². The summed E-state index contributed by atoms with van der Waals surface area (Å²) in [5, 5.41) is 18.0. The second-order valence-corrected chi connectivity index (χ2v) is 7.88. The van der Waals surface area contributed by atoms with Crippen molar-refractivity contribution in [3.05, 3.63) is 64.1 Å². The van der Waals surface area contributed by atoms with Crippen molar-refractivity contribution in [2.75, 3.05) is 5.32 Å². The summed E-state index contributed by atoms with van der Waals surface area (Å²) < 4.78 is 40.3. The van der Waals surface area contributed by atoms with Gasteiger partial charge in [-0.2, -0.15) is 18.3 Å². The zero-order valence-electron chi connectivity index (χ0n) is 16.4. The summed E-state index contributed by atoms with van der Waals surface area (Å²) in [6.07, 6.45) is -2.51. The molecule has 1 aromatic carbocycles. The third-order valence-corrected chi connectivity index (χ3v) is 5.45. The molecule has 0 radical (unpaired) electrons. The van der Waals surface area contributed by atoms with Gasteiger partial charge < -0.3 is 10.4 Å². The molecule has 30 heavy (non-hydrogen) atoms. The number of hydrogen-bond acceptors (Lipinski definition) is 5. The van der Waals surface area contributed by atoms with Crippen LogP contribution in [0.2, 0.25) is 0 Å². The Hall–Kier alpha value is -2.72. The predicted molar refractivity (Wildman–Crippen MR) is 107 cm³/mol. The van der Waals surface area contributed by atoms with E-state index >= 15 is 0 Å². The van der Waals surface area contributed by atoms with Crippen molar-refractivity contribution in [3.8, 4) is 0 Å². The van der Waals surface area contributed by atoms with E-state index < -0.39 is 23.8 Å². The lowest BCUT2D eigenvalue weighted by Gasteiger charge is -2.10. The van der Waals surface area contributed by atoms with Crippen LogP contribution in [0.5, 0.6) is 0 Å². The van der Waals surface area contributed by atoms with E-state index in [9.17, 15) is 23.1 Å². The van der Waals surface area contributed by atoms with Crippen molar-refractivity contribution in [1.29, 1.82) is 0 Å². The van der Waals surface area contributed by atoms with Crippen molar-refractivity contribution in [2.45, 2.75) is 38.5 Å². The quantitative estimate of drug-likeness (QED) is 0.566. The average molecular weight is 438 g/mol. The molecule has 0 saturated carbocycles. The number of aromatic nitrogens is 3. The van der Waals surface area contributed by atoms with Crippen molar-refractivity contribution in [1.82, 2.24) is 14.8 Å². The number of anilines is 1. The van der Waals surface area contributed by atoms with Gasteiger partial charge in [-0.05, 0) is 24.1 Å². The highest BCUT2D eigenvalue weighted by atomic mass is 32.1. The molecule has 0 bridgehead atoms. The van der Waals surface area contributed by atoms with E-state index in [1.165, 1.54) is 16.9 Å². The highest BCUT2D eigenvalue weighted by molar-refractivity contribution is 7.16. The summed E-state index contributed by atoms with van der Waals surface area (Å²) in [7, 11) is 1.63. The number of benzene rings is 1. The summed E-state index contributed by atoms with van der Waals surface area (Å²) in [6, 6.07) is 6.59. The number of amides is 1. The smallest absolute Gasteiger partial charge is 0.387 e. The second kappa shape index (κ2) is 8.97.